The largest absolute Gasteiger partial charge is 0.455 e. The van der Waals surface area contributed by atoms with Gasteiger partial charge >= 0.3 is 0 Å². The van der Waals surface area contributed by atoms with Gasteiger partial charge in [-0.05, 0) is 56.5 Å². The minimum atomic E-state index is -0.343. The molecule has 0 spiro atoms. The number of nitrogens with zero attached hydrogens (tertiary/aromatic N) is 1. The lowest BCUT2D eigenvalue weighted by Crippen LogP contribution is -2.22. The molecule has 2 aromatic carbocycles. The number of halogens is 1. The lowest BCUT2D eigenvalue weighted by atomic mass is 9.93. The number of aryl methyl sites for hydroxylation is 2. The maximum absolute atomic E-state index is 12.9. The van der Waals surface area contributed by atoms with Crippen LogP contribution in [0.2, 0.25) is 5.02 Å². The lowest BCUT2D eigenvalue weighted by Gasteiger charge is -2.13. The van der Waals surface area contributed by atoms with Gasteiger partial charge in [0.25, 0.3) is 11.8 Å². The second-order valence-electron chi connectivity index (χ2n) is 7.49. The summed E-state index contributed by atoms with van der Waals surface area (Å²) in [5, 5.41) is 7.77. The molecule has 0 saturated heterocycles. The Labute approximate surface area is 185 Å². The number of hydrazone groups is 1. The molecule has 0 saturated carbocycles. The molecule has 6 nitrogen and oxygen atoms in total. The molecule has 0 radical (unpaired) electrons. The normalized spacial score (nSPS) is 14.2. The molecule has 0 aliphatic heterocycles. The van der Waals surface area contributed by atoms with Gasteiger partial charge in [-0.1, -0.05) is 35.9 Å². The predicted molar refractivity (Wildman–Crippen MR) is 121 cm³/mol. The summed E-state index contributed by atoms with van der Waals surface area (Å²) in [5.41, 5.74) is 6.91. The molecule has 1 aliphatic carbocycles. The van der Waals surface area contributed by atoms with Crippen LogP contribution in [0, 0.1) is 13.8 Å². The van der Waals surface area contributed by atoms with Crippen molar-refractivity contribution in [2.24, 2.45) is 5.10 Å². The Morgan fingerprint density at radius 3 is 2.58 bits per heavy atom. The molecule has 2 amide bonds. The first kappa shape index (κ1) is 20.9. The number of rotatable bonds is 4. The number of benzene rings is 2. The zero-order valence-corrected chi connectivity index (χ0v) is 18.0. The van der Waals surface area contributed by atoms with E-state index in [1.54, 1.807) is 36.4 Å². The number of fused-ring (bicyclic) bond motifs is 1. The molecule has 1 aliphatic rings. The second kappa shape index (κ2) is 8.78. The molecule has 0 fully saturated rings. The standard InChI is InChI=1S/C24H22ClN3O3/c1-14-11-12-17(25)13-19(14)26-24(30)22-15(2)21-18(9-6-10-20(21)31-22)27-28-23(29)16-7-4-3-5-8-16/h3-5,7-8,11-13H,6,9-10H2,1-2H3,(H,26,30)(H,28,29)/b27-18+. The topological polar surface area (TPSA) is 83.7 Å². The Kier molecular flexibility index (Phi) is 5.91. The third kappa shape index (κ3) is 4.39. The van der Waals surface area contributed by atoms with E-state index < -0.39 is 0 Å². The molecule has 158 valence electrons. The van der Waals surface area contributed by atoms with Crippen molar-refractivity contribution in [3.8, 4) is 0 Å². The van der Waals surface area contributed by atoms with Crippen LogP contribution in [0.25, 0.3) is 0 Å². The van der Waals surface area contributed by atoms with Crippen molar-refractivity contribution < 1.29 is 14.0 Å². The summed E-state index contributed by atoms with van der Waals surface area (Å²) in [6.45, 7) is 3.73. The fraction of sp³-hybridized carbons (Fsp3) is 0.208. The van der Waals surface area contributed by atoms with Crippen LogP contribution in [0.15, 0.2) is 58.0 Å². The summed E-state index contributed by atoms with van der Waals surface area (Å²) in [4.78, 5) is 25.3. The van der Waals surface area contributed by atoms with Crippen molar-refractivity contribution >= 4 is 34.8 Å². The Morgan fingerprint density at radius 1 is 1.03 bits per heavy atom. The fourth-order valence-corrected chi connectivity index (χ4v) is 3.85. The predicted octanol–water partition coefficient (Wildman–Crippen LogP) is 5.27. The van der Waals surface area contributed by atoms with Crippen LogP contribution in [0.4, 0.5) is 5.69 Å². The monoisotopic (exact) mass is 435 g/mol. The van der Waals surface area contributed by atoms with Gasteiger partial charge in [-0.2, -0.15) is 5.10 Å². The van der Waals surface area contributed by atoms with Gasteiger partial charge in [-0.3, -0.25) is 9.59 Å². The molecule has 1 aromatic heterocycles. The molecular formula is C24H22ClN3O3. The van der Waals surface area contributed by atoms with E-state index in [1.807, 2.05) is 26.0 Å². The number of carbonyl (C=O) groups excluding carboxylic acids is 2. The highest BCUT2D eigenvalue weighted by Gasteiger charge is 2.28. The summed E-state index contributed by atoms with van der Waals surface area (Å²) in [7, 11) is 0. The average molecular weight is 436 g/mol. The Bertz CT molecular complexity index is 1180. The van der Waals surface area contributed by atoms with E-state index >= 15 is 0 Å². The maximum Gasteiger partial charge on any atom is 0.291 e. The van der Waals surface area contributed by atoms with Crippen LogP contribution in [0.1, 0.15) is 56.2 Å². The van der Waals surface area contributed by atoms with Crippen LogP contribution in [-0.2, 0) is 6.42 Å². The van der Waals surface area contributed by atoms with Gasteiger partial charge in [0, 0.05) is 33.8 Å². The molecule has 1 heterocycles. The molecule has 7 heteroatoms. The number of hydrogen-bond donors (Lipinski definition) is 2. The van der Waals surface area contributed by atoms with Gasteiger partial charge < -0.3 is 9.73 Å². The number of hydrogen-bond acceptors (Lipinski definition) is 4. The maximum atomic E-state index is 12.9. The number of furan rings is 1. The molecule has 4 rings (SSSR count). The van der Waals surface area contributed by atoms with Crippen LogP contribution in [-0.4, -0.2) is 17.5 Å². The van der Waals surface area contributed by atoms with Crippen molar-refractivity contribution in [1.29, 1.82) is 0 Å². The van der Waals surface area contributed by atoms with E-state index in [1.165, 1.54) is 0 Å². The van der Waals surface area contributed by atoms with Crippen molar-refractivity contribution in [1.82, 2.24) is 5.43 Å². The molecule has 31 heavy (non-hydrogen) atoms. The summed E-state index contributed by atoms with van der Waals surface area (Å²) in [6, 6.07) is 14.2. The van der Waals surface area contributed by atoms with Gasteiger partial charge in [-0.15, -0.1) is 0 Å². The highest BCUT2D eigenvalue weighted by Crippen LogP contribution is 2.31. The minimum Gasteiger partial charge on any atom is -0.455 e. The first-order valence-electron chi connectivity index (χ1n) is 10.1. The summed E-state index contributed by atoms with van der Waals surface area (Å²) in [6.07, 6.45) is 2.23. The Balaban J connectivity index is 1.59. The van der Waals surface area contributed by atoms with E-state index in [0.717, 1.165) is 17.5 Å². The van der Waals surface area contributed by atoms with E-state index in [4.69, 9.17) is 16.0 Å². The zero-order chi connectivity index (χ0) is 22.0. The molecule has 3 aromatic rings. The molecule has 0 unspecified atom stereocenters. The van der Waals surface area contributed by atoms with Crippen molar-refractivity contribution in [3.63, 3.8) is 0 Å². The summed E-state index contributed by atoms with van der Waals surface area (Å²) in [5.74, 6) is 0.332. The van der Waals surface area contributed by atoms with E-state index in [2.05, 4.69) is 15.8 Å². The van der Waals surface area contributed by atoms with Crippen molar-refractivity contribution in [3.05, 3.63) is 87.3 Å². The fourth-order valence-electron chi connectivity index (χ4n) is 3.68. The minimum absolute atomic E-state index is 0.244. The third-order valence-electron chi connectivity index (χ3n) is 5.31. The van der Waals surface area contributed by atoms with Gasteiger partial charge in [0.15, 0.2) is 5.76 Å². The van der Waals surface area contributed by atoms with Crippen molar-refractivity contribution in [2.75, 3.05) is 5.32 Å². The Morgan fingerprint density at radius 2 is 1.81 bits per heavy atom. The first-order valence-corrected chi connectivity index (χ1v) is 10.4. The van der Waals surface area contributed by atoms with Crippen LogP contribution in [0.5, 0.6) is 0 Å². The lowest BCUT2D eigenvalue weighted by molar-refractivity contribution is 0.0953. The van der Waals surface area contributed by atoms with Gasteiger partial charge in [0.05, 0.1) is 5.71 Å². The highest BCUT2D eigenvalue weighted by molar-refractivity contribution is 6.31. The number of nitrogens with one attached hydrogen (secondary N) is 2. The number of carbonyl (C=O) groups is 2. The SMILES string of the molecule is Cc1ccc(Cl)cc1NC(=O)c1oc2c(c1C)/C(=N/NC(=O)c1ccccc1)CCC2. The molecule has 0 atom stereocenters. The quantitative estimate of drug-likeness (QED) is 0.547. The molecule has 0 bridgehead atoms. The molecule has 2 N–H and O–H groups in total. The number of amides is 2. The molecular weight excluding hydrogens is 414 g/mol. The summed E-state index contributed by atoms with van der Waals surface area (Å²) >= 11 is 6.06. The highest BCUT2D eigenvalue weighted by atomic mass is 35.5. The van der Waals surface area contributed by atoms with Crippen molar-refractivity contribution in [2.45, 2.75) is 33.1 Å². The van der Waals surface area contributed by atoms with Gasteiger partial charge in [0.2, 0.25) is 0 Å². The first-order chi connectivity index (χ1) is 14.9. The zero-order valence-electron chi connectivity index (χ0n) is 17.3. The van der Waals surface area contributed by atoms with E-state index in [0.29, 0.717) is 46.2 Å². The third-order valence-corrected chi connectivity index (χ3v) is 5.54. The van der Waals surface area contributed by atoms with E-state index in [9.17, 15) is 9.59 Å². The summed E-state index contributed by atoms with van der Waals surface area (Å²) < 4.78 is 5.92. The smallest absolute Gasteiger partial charge is 0.291 e. The van der Waals surface area contributed by atoms with Gasteiger partial charge in [0.1, 0.15) is 5.76 Å². The van der Waals surface area contributed by atoms with Gasteiger partial charge in [-0.25, -0.2) is 5.43 Å². The number of anilines is 1. The van der Waals surface area contributed by atoms with E-state index in [-0.39, 0.29) is 17.6 Å². The van der Waals surface area contributed by atoms with Crippen LogP contribution in [0.3, 0.4) is 0 Å². The Hall–Kier alpha value is -3.38. The average Bonchev–Trinajstić information content (AvgIpc) is 3.12. The van der Waals surface area contributed by atoms with Crippen LogP contribution < -0.4 is 10.7 Å². The van der Waals surface area contributed by atoms with Crippen LogP contribution >= 0.6 is 11.6 Å². The second-order valence-corrected chi connectivity index (χ2v) is 7.92.